The van der Waals surface area contributed by atoms with Gasteiger partial charge in [-0.25, -0.2) is 9.37 Å². The second kappa shape index (κ2) is 6.84. The first-order chi connectivity index (χ1) is 11.9. The van der Waals surface area contributed by atoms with E-state index in [4.69, 9.17) is 5.26 Å². The molecule has 2 aromatic rings. The summed E-state index contributed by atoms with van der Waals surface area (Å²) < 4.78 is 51.8. The second-order valence-corrected chi connectivity index (χ2v) is 6.18. The van der Waals surface area contributed by atoms with Crippen molar-refractivity contribution in [1.29, 1.82) is 5.26 Å². The Bertz CT molecular complexity index is 791. The zero-order chi connectivity index (χ0) is 18.0. The van der Waals surface area contributed by atoms with Crippen LogP contribution in [0.25, 0.3) is 0 Å². The van der Waals surface area contributed by atoms with Crippen molar-refractivity contribution in [2.75, 3.05) is 13.1 Å². The van der Waals surface area contributed by atoms with Crippen LogP contribution >= 0.6 is 0 Å². The van der Waals surface area contributed by atoms with Gasteiger partial charge in [0.05, 0.1) is 11.8 Å². The van der Waals surface area contributed by atoms with Crippen LogP contribution in [0.1, 0.15) is 41.4 Å². The van der Waals surface area contributed by atoms with Crippen molar-refractivity contribution in [3.8, 4) is 6.07 Å². The Hall–Kier alpha value is -2.40. The van der Waals surface area contributed by atoms with Crippen LogP contribution in [0, 0.1) is 17.1 Å². The van der Waals surface area contributed by atoms with E-state index in [2.05, 4.69) is 14.9 Å². The van der Waals surface area contributed by atoms with Gasteiger partial charge in [-0.05, 0) is 37.1 Å². The van der Waals surface area contributed by atoms with Gasteiger partial charge in [-0.3, -0.25) is 4.90 Å². The van der Waals surface area contributed by atoms with Crippen molar-refractivity contribution in [2.45, 2.75) is 31.5 Å². The van der Waals surface area contributed by atoms with E-state index in [-0.39, 0.29) is 11.5 Å². The molecule has 25 heavy (non-hydrogen) atoms. The Kier molecular flexibility index (Phi) is 4.77. The summed E-state index contributed by atoms with van der Waals surface area (Å²) in [7, 11) is 0. The van der Waals surface area contributed by atoms with Crippen LogP contribution < -0.4 is 0 Å². The number of nitrogens with one attached hydrogen (secondary N) is 1. The van der Waals surface area contributed by atoms with Crippen LogP contribution in [0.3, 0.4) is 0 Å². The lowest BCUT2D eigenvalue weighted by atomic mass is 9.97. The first-order valence-electron chi connectivity index (χ1n) is 7.90. The van der Waals surface area contributed by atoms with Crippen LogP contribution in [0.4, 0.5) is 17.6 Å². The summed E-state index contributed by atoms with van der Waals surface area (Å²) in [5, 5.41) is 8.76. The number of alkyl halides is 3. The fourth-order valence-electron chi connectivity index (χ4n) is 3.12. The molecule has 3 rings (SSSR count). The van der Waals surface area contributed by atoms with Gasteiger partial charge in [0.2, 0.25) is 0 Å². The Morgan fingerprint density at radius 3 is 2.80 bits per heavy atom. The quantitative estimate of drug-likeness (QED) is 0.855. The minimum absolute atomic E-state index is 0.00413. The molecule has 2 heterocycles. The second-order valence-electron chi connectivity index (χ2n) is 6.18. The normalized spacial score (nSPS) is 18.9. The average Bonchev–Trinajstić information content (AvgIpc) is 3.06. The highest BCUT2D eigenvalue weighted by Gasteiger charge is 2.34. The van der Waals surface area contributed by atoms with Gasteiger partial charge in [0, 0.05) is 19.0 Å². The number of nitriles is 1. The monoisotopic (exact) mass is 352 g/mol. The molecule has 1 aliphatic rings. The summed E-state index contributed by atoms with van der Waals surface area (Å²) in [5.41, 5.74) is -0.114. The summed E-state index contributed by atoms with van der Waals surface area (Å²) >= 11 is 0. The van der Waals surface area contributed by atoms with Gasteiger partial charge in [-0.1, -0.05) is 6.07 Å². The molecule has 0 spiro atoms. The highest BCUT2D eigenvalue weighted by atomic mass is 19.4. The number of hydrogen-bond donors (Lipinski definition) is 1. The molecule has 0 bridgehead atoms. The maximum atomic E-state index is 13.7. The smallest absolute Gasteiger partial charge is 0.338 e. The fraction of sp³-hybridized carbons (Fsp3) is 0.412. The Morgan fingerprint density at radius 2 is 2.16 bits per heavy atom. The summed E-state index contributed by atoms with van der Waals surface area (Å²) in [5.74, 6) is -0.342. The van der Waals surface area contributed by atoms with Crippen LogP contribution in [-0.2, 0) is 12.7 Å². The van der Waals surface area contributed by atoms with Crippen molar-refractivity contribution < 1.29 is 17.6 Å². The van der Waals surface area contributed by atoms with Crippen LogP contribution in [0.2, 0.25) is 0 Å². The summed E-state index contributed by atoms with van der Waals surface area (Å²) in [4.78, 5) is 8.32. The third-order valence-electron chi connectivity index (χ3n) is 4.35. The van der Waals surface area contributed by atoms with Gasteiger partial charge in [-0.2, -0.15) is 18.4 Å². The number of aromatic amines is 1. The molecule has 1 N–H and O–H groups in total. The van der Waals surface area contributed by atoms with Crippen LogP contribution in [0.15, 0.2) is 24.4 Å². The Labute approximate surface area is 142 Å². The minimum Gasteiger partial charge on any atom is -0.338 e. The number of rotatable bonds is 3. The molecule has 8 heteroatoms. The number of H-pyrrole nitrogens is 1. The van der Waals surface area contributed by atoms with Gasteiger partial charge >= 0.3 is 6.18 Å². The maximum Gasteiger partial charge on any atom is 0.432 e. The van der Waals surface area contributed by atoms with Gasteiger partial charge in [0.1, 0.15) is 23.4 Å². The van der Waals surface area contributed by atoms with E-state index in [1.165, 1.54) is 12.1 Å². The van der Waals surface area contributed by atoms with Crippen molar-refractivity contribution in [3.05, 3.63) is 52.9 Å². The lowest BCUT2D eigenvalue weighted by molar-refractivity contribution is -0.141. The summed E-state index contributed by atoms with van der Waals surface area (Å²) in [6.45, 7) is 1.81. The molecule has 1 aromatic carbocycles. The highest BCUT2D eigenvalue weighted by Crippen LogP contribution is 2.31. The SMILES string of the molecule is N#Cc1ccc(CN2CCC[C@H](c3ncc(C(F)(F)F)[nH]3)C2)cc1F. The molecule has 0 radical (unpaired) electrons. The zero-order valence-electron chi connectivity index (χ0n) is 13.3. The van der Waals surface area contributed by atoms with E-state index < -0.39 is 17.7 Å². The van der Waals surface area contributed by atoms with E-state index in [1.807, 2.05) is 0 Å². The predicted octanol–water partition coefficient (Wildman–Crippen LogP) is 3.82. The number of hydrogen-bond acceptors (Lipinski definition) is 3. The zero-order valence-corrected chi connectivity index (χ0v) is 13.3. The molecular weight excluding hydrogens is 336 g/mol. The molecule has 0 amide bonds. The van der Waals surface area contributed by atoms with E-state index in [9.17, 15) is 17.6 Å². The molecule has 1 aliphatic heterocycles. The lowest BCUT2D eigenvalue weighted by Gasteiger charge is -2.31. The average molecular weight is 352 g/mol. The summed E-state index contributed by atoms with van der Waals surface area (Å²) in [6.07, 6.45) is -2.03. The first kappa shape index (κ1) is 17.4. The third kappa shape index (κ3) is 3.99. The van der Waals surface area contributed by atoms with Crippen molar-refractivity contribution in [1.82, 2.24) is 14.9 Å². The van der Waals surface area contributed by atoms with E-state index in [0.717, 1.165) is 31.1 Å². The van der Waals surface area contributed by atoms with E-state index in [1.54, 1.807) is 12.1 Å². The topological polar surface area (TPSA) is 55.7 Å². The largest absolute Gasteiger partial charge is 0.432 e. The van der Waals surface area contributed by atoms with Crippen LogP contribution in [-0.4, -0.2) is 28.0 Å². The van der Waals surface area contributed by atoms with Gasteiger partial charge in [0.25, 0.3) is 0 Å². The minimum atomic E-state index is -4.43. The number of benzene rings is 1. The molecule has 1 fully saturated rings. The molecule has 0 aliphatic carbocycles. The number of imidazole rings is 1. The van der Waals surface area contributed by atoms with E-state index >= 15 is 0 Å². The molecule has 4 nitrogen and oxygen atoms in total. The molecule has 1 atom stereocenters. The number of piperidine rings is 1. The predicted molar refractivity (Wildman–Crippen MR) is 82.0 cm³/mol. The van der Waals surface area contributed by atoms with Crippen molar-refractivity contribution in [2.24, 2.45) is 0 Å². The lowest BCUT2D eigenvalue weighted by Crippen LogP contribution is -2.34. The van der Waals surface area contributed by atoms with Gasteiger partial charge in [0.15, 0.2) is 0 Å². The number of nitrogens with zero attached hydrogens (tertiary/aromatic N) is 3. The molecule has 0 unspecified atom stereocenters. The fourth-order valence-corrected chi connectivity index (χ4v) is 3.12. The third-order valence-corrected chi connectivity index (χ3v) is 4.35. The standard InChI is InChI=1S/C17H16F4N4/c18-14-6-11(3-4-12(14)7-22)9-25-5-1-2-13(10-25)16-23-8-15(24-16)17(19,20)21/h3-4,6,8,13H,1-2,5,9-10H2,(H,23,24)/t13-/m0/s1. The van der Waals surface area contributed by atoms with Crippen LogP contribution in [0.5, 0.6) is 0 Å². The molecule has 132 valence electrons. The molecular formula is C17H16F4N4. The first-order valence-corrected chi connectivity index (χ1v) is 7.90. The molecule has 1 saturated heterocycles. The molecule has 0 saturated carbocycles. The number of likely N-dealkylation sites (tertiary alicyclic amines) is 1. The summed E-state index contributed by atoms with van der Waals surface area (Å²) in [6, 6.07) is 6.24. The maximum absolute atomic E-state index is 13.7. The Morgan fingerprint density at radius 1 is 1.36 bits per heavy atom. The van der Waals surface area contributed by atoms with Crippen molar-refractivity contribution in [3.63, 3.8) is 0 Å². The van der Waals surface area contributed by atoms with E-state index in [0.29, 0.717) is 18.9 Å². The Balaban J connectivity index is 1.68. The van der Waals surface area contributed by atoms with Gasteiger partial charge < -0.3 is 4.98 Å². The number of halogens is 4. The van der Waals surface area contributed by atoms with Crippen molar-refractivity contribution >= 4 is 0 Å². The van der Waals surface area contributed by atoms with Gasteiger partial charge in [-0.15, -0.1) is 0 Å². The molecule has 1 aromatic heterocycles. The number of aromatic nitrogens is 2. The highest BCUT2D eigenvalue weighted by molar-refractivity contribution is 5.33.